The zero-order valence-corrected chi connectivity index (χ0v) is 12.9. The maximum absolute atomic E-state index is 13.7. The first-order valence-electron chi connectivity index (χ1n) is 5.17. The highest BCUT2D eigenvalue weighted by molar-refractivity contribution is 9.10. The summed E-state index contributed by atoms with van der Waals surface area (Å²) >= 11 is 10.1. The van der Waals surface area contributed by atoms with Crippen molar-refractivity contribution in [3.63, 3.8) is 0 Å². The lowest BCUT2D eigenvalue weighted by Crippen LogP contribution is -2.09. The van der Waals surface area contributed by atoms with E-state index in [0.29, 0.717) is 4.47 Å². The molecule has 0 aliphatic heterocycles. The first kappa shape index (κ1) is 15.7. The minimum absolute atomic E-state index is 0.271. The van der Waals surface area contributed by atoms with Gasteiger partial charge in [0, 0.05) is 14.2 Å². The second-order valence-electron chi connectivity index (χ2n) is 3.92. The topological polar surface area (TPSA) is 0 Å². The van der Waals surface area contributed by atoms with Crippen molar-refractivity contribution in [1.29, 1.82) is 0 Å². The highest BCUT2D eigenvalue weighted by atomic mass is 79.9. The molecule has 1 atom stereocenters. The maximum atomic E-state index is 13.7. The quantitative estimate of drug-likeness (QED) is 0.261. The zero-order valence-electron chi connectivity index (χ0n) is 9.71. The third-order valence-corrected chi connectivity index (χ3v) is 5.16. The number of hydrogen-bond donors (Lipinski definition) is 0. The Balaban J connectivity index is 2.67. The molecule has 0 N–H and O–H groups in total. The molecule has 1 heterocycles. The molecule has 0 amide bonds. The van der Waals surface area contributed by atoms with Crippen LogP contribution in [0.2, 0.25) is 0 Å². The molecular formula is C12H5BrClF5S. The second-order valence-corrected chi connectivity index (χ2v) is 6.49. The van der Waals surface area contributed by atoms with E-state index in [1.807, 2.05) is 0 Å². The van der Waals surface area contributed by atoms with Gasteiger partial charge >= 0.3 is 0 Å². The molecule has 1 unspecified atom stereocenters. The maximum Gasteiger partial charge on any atom is 0.200 e. The van der Waals surface area contributed by atoms with Gasteiger partial charge in [0.25, 0.3) is 0 Å². The van der Waals surface area contributed by atoms with Crippen molar-refractivity contribution in [2.75, 3.05) is 0 Å². The molecule has 0 radical (unpaired) electrons. The average molecular weight is 392 g/mol. The second kappa shape index (κ2) is 5.61. The number of hydrogen-bond acceptors (Lipinski definition) is 1. The van der Waals surface area contributed by atoms with Crippen molar-refractivity contribution >= 4 is 38.9 Å². The number of thiophene rings is 1. The van der Waals surface area contributed by atoms with Crippen molar-refractivity contribution < 1.29 is 22.0 Å². The molecule has 20 heavy (non-hydrogen) atoms. The fourth-order valence-electron chi connectivity index (χ4n) is 1.65. The number of alkyl halides is 1. The Morgan fingerprint density at radius 3 is 1.85 bits per heavy atom. The summed E-state index contributed by atoms with van der Waals surface area (Å²) in [6, 6.07) is 1.64. The lowest BCUT2D eigenvalue weighted by atomic mass is 10.1. The summed E-state index contributed by atoms with van der Waals surface area (Å²) in [5.74, 6) is -10.0. The van der Waals surface area contributed by atoms with Crippen molar-refractivity contribution in [3.8, 4) is 0 Å². The van der Waals surface area contributed by atoms with E-state index < -0.39 is 40.0 Å². The molecule has 8 heteroatoms. The Morgan fingerprint density at radius 2 is 1.45 bits per heavy atom. The van der Waals surface area contributed by atoms with Crippen molar-refractivity contribution in [2.45, 2.75) is 12.3 Å². The molecule has 2 aromatic rings. The van der Waals surface area contributed by atoms with Gasteiger partial charge in [-0.2, -0.15) is 0 Å². The first-order chi connectivity index (χ1) is 9.25. The van der Waals surface area contributed by atoms with Crippen LogP contribution in [0.5, 0.6) is 0 Å². The molecule has 108 valence electrons. The van der Waals surface area contributed by atoms with Crippen LogP contribution >= 0.6 is 38.9 Å². The molecule has 0 aliphatic rings. The van der Waals surface area contributed by atoms with Crippen LogP contribution in [0.3, 0.4) is 0 Å². The Hall–Kier alpha value is -0.660. The van der Waals surface area contributed by atoms with Gasteiger partial charge in [-0.3, -0.25) is 0 Å². The van der Waals surface area contributed by atoms with Crippen LogP contribution in [0.1, 0.15) is 20.7 Å². The van der Waals surface area contributed by atoms with Gasteiger partial charge in [-0.05, 0) is 28.9 Å². The summed E-state index contributed by atoms with van der Waals surface area (Å²) in [5, 5.41) is -1.48. The van der Waals surface area contributed by atoms with E-state index >= 15 is 0 Å². The van der Waals surface area contributed by atoms with Gasteiger partial charge in [0.2, 0.25) is 5.82 Å². The standard InChI is InChI=1S/C12H5BrClF5S/c1-3-2-4(13)12(20-3)6(14)5-7(15)9(17)11(19)10(18)8(5)16/h2,6H,1H3. The lowest BCUT2D eigenvalue weighted by molar-refractivity contribution is 0.371. The predicted octanol–water partition coefficient (Wildman–Crippen LogP) is 5.84. The summed E-state index contributed by atoms with van der Waals surface area (Å²) in [4.78, 5) is 1.05. The van der Waals surface area contributed by atoms with Crippen LogP contribution in [0.25, 0.3) is 0 Å². The zero-order chi connectivity index (χ0) is 15.2. The third kappa shape index (κ3) is 2.46. The van der Waals surface area contributed by atoms with Crippen molar-refractivity contribution in [1.82, 2.24) is 0 Å². The van der Waals surface area contributed by atoms with Crippen LogP contribution in [-0.2, 0) is 0 Å². The first-order valence-corrected chi connectivity index (χ1v) is 7.21. The van der Waals surface area contributed by atoms with E-state index in [4.69, 9.17) is 11.6 Å². The summed E-state index contributed by atoms with van der Waals surface area (Å²) in [6.07, 6.45) is 0. The number of halogens is 7. The molecule has 0 fully saturated rings. The Kier molecular flexibility index (Phi) is 4.41. The van der Waals surface area contributed by atoms with Crippen LogP contribution in [0, 0.1) is 36.0 Å². The molecule has 1 aromatic heterocycles. The average Bonchev–Trinajstić information content (AvgIpc) is 2.73. The molecule has 0 saturated carbocycles. The number of rotatable bonds is 2. The fourth-order valence-corrected chi connectivity index (χ4v) is 4.09. The molecule has 0 spiro atoms. The number of aryl methyl sites for hydroxylation is 1. The Bertz CT molecular complexity index is 656. The minimum atomic E-state index is -2.20. The monoisotopic (exact) mass is 390 g/mol. The highest BCUT2D eigenvalue weighted by Crippen LogP contribution is 2.42. The van der Waals surface area contributed by atoms with Gasteiger partial charge < -0.3 is 0 Å². The van der Waals surface area contributed by atoms with Gasteiger partial charge in [-0.25, -0.2) is 22.0 Å². The van der Waals surface area contributed by atoms with Crippen LogP contribution in [0.4, 0.5) is 22.0 Å². The largest absolute Gasteiger partial charge is 0.203 e. The Morgan fingerprint density at radius 1 is 1.00 bits per heavy atom. The van der Waals surface area contributed by atoms with E-state index in [-0.39, 0.29) is 4.88 Å². The number of benzene rings is 1. The summed E-state index contributed by atoms with van der Waals surface area (Å²) in [7, 11) is 0. The van der Waals surface area contributed by atoms with Crippen molar-refractivity contribution in [3.05, 3.63) is 54.9 Å². The van der Waals surface area contributed by atoms with E-state index in [1.54, 1.807) is 13.0 Å². The molecular weight excluding hydrogens is 387 g/mol. The molecule has 0 nitrogen and oxygen atoms in total. The van der Waals surface area contributed by atoms with Crippen molar-refractivity contribution in [2.24, 2.45) is 0 Å². The normalized spacial score (nSPS) is 12.8. The van der Waals surface area contributed by atoms with Gasteiger partial charge in [0.05, 0.1) is 10.9 Å². The van der Waals surface area contributed by atoms with E-state index in [1.165, 1.54) is 0 Å². The van der Waals surface area contributed by atoms with Crippen LogP contribution < -0.4 is 0 Å². The summed E-state index contributed by atoms with van der Waals surface area (Å²) < 4.78 is 67.1. The van der Waals surface area contributed by atoms with E-state index in [0.717, 1.165) is 16.2 Å². The SMILES string of the molecule is Cc1cc(Br)c(C(Cl)c2c(F)c(F)c(F)c(F)c2F)s1. The smallest absolute Gasteiger partial charge is 0.200 e. The third-order valence-electron chi connectivity index (χ3n) is 2.56. The van der Waals surface area contributed by atoms with Gasteiger partial charge in [0.1, 0.15) is 0 Å². The lowest BCUT2D eigenvalue weighted by Gasteiger charge is -2.13. The fraction of sp³-hybridized carbons (Fsp3) is 0.167. The molecule has 0 aliphatic carbocycles. The predicted molar refractivity (Wildman–Crippen MR) is 70.7 cm³/mol. The Labute approximate surface area is 128 Å². The summed E-state index contributed by atoms with van der Waals surface area (Å²) in [6.45, 7) is 1.72. The molecule has 2 rings (SSSR count). The minimum Gasteiger partial charge on any atom is -0.203 e. The summed E-state index contributed by atoms with van der Waals surface area (Å²) in [5.41, 5.74) is -1.05. The molecule has 0 saturated heterocycles. The van der Waals surface area contributed by atoms with Gasteiger partial charge in [0.15, 0.2) is 23.3 Å². The van der Waals surface area contributed by atoms with Crippen LogP contribution in [0.15, 0.2) is 10.5 Å². The molecule has 1 aromatic carbocycles. The van der Waals surface area contributed by atoms with E-state index in [2.05, 4.69) is 15.9 Å². The van der Waals surface area contributed by atoms with Gasteiger partial charge in [-0.1, -0.05) is 0 Å². The molecule has 0 bridgehead atoms. The van der Waals surface area contributed by atoms with Crippen LogP contribution in [-0.4, -0.2) is 0 Å². The highest BCUT2D eigenvalue weighted by Gasteiger charge is 2.31. The van der Waals surface area contributed by atoms with E-state index in [9.17, 15) is 22.0 Å². The van der Waals surface area contributed by atoms with Gasteiger partial charge in [-0.15, -0.1) is 22.9 Å².